The molecule has 2 heterocycles. The summed E-state index contributed by atoms with van der Waals surface area (Å²) in [4.78, 5) is 26.5. The van der Waals surface area contributed by atoms with Crippen LogP contribution < -0.4 is 15.0 Å². The van der Waals surface area contributed by atoms with Gasteiger partial charge in [0.15, 0.2) is 0 Å². The number of benzene rings is 2. The molecule has 0 saturated heterocycles. The van der Waals surface area contributed by atoms with E-state index in [0.717, 1.165) is 39.0 Å². The van der Waals surface area contributed by atoms with Gasteiger partial charge in [-0.05, 0) is 47.9 Å². The van der Waals surface area contributed by atoms with Crippen LogP contribution in [0.2, 0.25) is 0 Å². The highest BCUT2D eigenvalue weighted by Crippen LogP contribution is 2.32. The van der Waals surface area contributed by atoms with E-state index in [2.05, 4.69) is 32.4 Å². The Labute approximate surface area is 187 Å². The predicted octanol–water partition coefficient (Wildman–Crippen LogP) is 3.95. The summed E-state index contributed by atoms with van der Waals surface area (Å²) in [6.07, 6.45) is 4.50. The summed E-state index contributed by atoms with van der Waals surface area (Å²) < 4.78 is 5.28. The molecule has 0 aliphatic carbocycles. The van der Waals surface area contributed by atoms with Crippen LogP contribution in [0.4, 0.5) is 5.95 Å². The Morgan fingerprint density at radius 2 is 1.78 bits per heavy atom. The summed E-state index contributed by atoms with van der Waals surface area (Å²) in [5.74, 6) is 1.45. The second-order valence-corrected chi connectivity index (χ2v) is 7.82. The van der Waals surface area contributed by atoms with Crippen molar-refractivity contribution in [2.24, 2.45) is 0 Å². The van der Waals surface area contributed by atoms with Gasteiger partial charge in [-0.1, -0.05) is 18.2 Å². The van der Waals surface area contributed by atoms with Crippen LogP contribution in [0.5, 0.6) is 5.75 Å². The number of nitrogens with zero attached hydrogens (tertiary/aromatic N) is 3. The largest absolute Gasteiger partial charge is 0.497 e. The van der Waals surface area contributed by atoms with Gasteiger partial charge >= 0.3 is 0 Å². The zero-order valence-corrected chi connectivity index (χ0v) is 18.6. The Morgan fingerprint density at radius 3 is 2.47 bits per heavy atom. The van der Waals surface area contributed by atoms with Gasteiger partial charge < -0.3 is 19.9 Å². The minimum atomic E-state index is -0.00681. The first-order valence-electron chi connectivity index (χ1n) is 10.5. The van der Waals surface area contributed by atoms with Crippen molar-refractivity contribution in [3.63, 3.8) is 0 Å². The number of para-hydroxylation sites is 1. The molecule has 32 heavy (non-hydrogen) atoms. The van der Waals surface area contributed by atoms with Crippen LogP contribution in [0.1, 0.15) is 17.5 Å². The topological polar surface area (TPSA) is 83.1 Å². The number of fused-ring (bicyclic) bond motifs is 1. The van der Waals surface area contributed by atoms with Gasteiger partial charge in [0.05, 0.1) is 7.11 Å². The zero-order valence-electron chi connectivity index (χ0n) is 18.6. The third kappa shape index (κ3) is 4.72. The van der Waals surface area contributed by atoms with Gasteiger partial charge in [-0.3, -0.25) is 4.79 Å². The molecule has 0 aliphatic rings. The molecule has 0 bridgehead atoms. The van der Waals surface area contributed by atoms with Gasteiger partial charge in [-0.2, -0.15) is 0 Å². The number of aryl methyl sites for hydroxylation is 1. The summed E-state index contributed by atoms with van der Waals surface area (Å²) in [5.41, 5.74) is 5.17. The number of amides is 1. The van der Waals surface area contributed by atoms with Gasteiger partial charge in [0.1, 0.15) is 5.75 Å². The SMILES string of the molecule is COc1ccc(-c2[nH]c3ccccc3c2CCC(=O)NCc2cnc(N(C)C)nc2)cc1. The molecule has 2 aromatic carbocycles. The molecule has 2 aromatic heterocycles. The first kappa shape index (κ1) is 21.4. The molecular formula is C25H27N5O2. The number of rotatable bonds is 8. The van der Waals surface area contributed by atoms with Gasteiger partial charge in [-0.15, -0.1) is 0 Å². The van der Waals surface area contributed by atoms with Gasteiger partial charge in [0.25, 0.3) is 0 Å². The van der Waals surface area contributed by atoms with Crippen LogP contribution in [-0.2, 0) is 17.8 Å². The van der Waals surface area contributed by atoms with Gasteiger partial charge in [0.2, 0.25) is 11.9 Å². The van der Waals surface area contributed by atoms with E-state index in [1.54, 1.807) is 19.5 Å². The highest BCUT2D eigenvalue weighted by atomic mass is 16.5. The Bertz CT molecular complexity index is 1200. The summed E-state index contributed by atoms with van der Waals surface area (Å²) in [6.45, 7) is 0.408. The molecule has 1 amide bonds. The van der Waals surface area contributed by atoms with E-state index in [1.807, 2.05) is 55.4 Å². The molecule has 0 unspecified atom stereocenters. The molecule has 4 rings (SSSR count). The average Bonchev–Trinajstić information content (AvgIpc) is 3.20. The van der Waals surface area contributed by atoms with E-state index >= 15 is 0 Å². The van der Waals surface area contributed by atoms with Crippen LogP contribution >= 0.6 is 0 Å². The summed E-state index contributed by atoms with van der Waals surface area (Å²) in [6, 6.07) is 16.1. The number of hydrogen-bond donors (Lipinski definition) is 2. The van der Waals surface area contributed by atoms with Crippen LogP contribution in [0.3, 0.4) is 0 Å². The van der Waals surface area contributed by atoms with E-state index in [4.69, 9.17) is 4.74 Å². The lowest BCUT2D eigenvalue weighted by Crippen LogP contribution is -2.23. The lowest BCUT2D eigenvalue weighted by atomic mass is 10.0. The van der Waals surface area contributed by atoms with Crippen molar-refractivity contribution in [2.75, 3.05) is 26.1 Å². The molecule has 0 saturated carbocycles. The number of aromatic amines is 1. The quantitative estimate of drug-likeness (QED) is 0.443. The molecular weight excluding hydrogens is 402 g/mol. The summed E-state index contributed by atoms with van der Waals surface area (Å²) in [7, 11) is 5.44. The van der Waals surface area contributed by atoms with Gasteiger partial charge in [0, 0.05) is 61.6 Å². The predicted molar refractivity (Wildman–Crippen MR) is 127 cm³/mol. The van der Waals surface area contributed by atoms with E-state index in [9.17, 15) is 4.79 Å². The molecule has 0 fully saturated rings. The van der Waals surface area contributed by atoms with Crippen molar-refractivity contribution in [1.29, 1.82) is 0 Å². The number of carbonyl (C=O) groups excluding carboxylic acids is 1. The molecule has 0 atom stereocenters. The van der Waals surface area contributed by atoms with Crippen LogP contribution in [0.25, 0.3) is 22.2 Å². The van der Waals surface area contributed by atoms with Crippen molar-refractivity contribution in [3.05, 3.63) is 72.1 Å². The lowest BCUT2D eigenvalue weighted by molar-refractivity contribution is -0.121. The second-order valence-electron chi connectivity index (χ2n) is 7.82. The number of methoxy groups -OCH3 is 1. The number of ether oxygens (including phenoxy) is 1. The Kier molecular flexibility index (Phi) is 6.35. The highest BCUT2D eigenvalue weighted by molar-refractivity contribution is 5.91. The molecule has 0 spiro atoms. The smallest absolute Gasteiger partial charge is 0.224 e. The Morgan fingerprint density at radius 1 is 1.06 bits per heavy atom. The van der Waals surface area contributed by atoms with Crippen molar-refractivity contribution in [3.8, 4) is 17.0 Å². The second kappa shape index (κ2) is 9.51. The summed E-state index contributed by atoms with van der Waals surface area (Å²) >= 11 is 0. The zero-order chi connectivity index (χ0) is 22.5. The maximum absolute atomic E-state index is 12.6. The monoisotopic (exact) mass is 429 g/mol. The lowest BCUT2D eigenvalue weighted by Gasteiger charge is -2.10. The molecule has 7 nitrogen and oxygen atoms in total. The number of H-pyrrole nitrogens is 1. The minimum absolute atomic E-state index is 0.00681. The third-order valence-electron chi connectivity index (χ3n) is 5.38. The molecule has 7 heteroatoms. The summed E-state index contributed by atoms with van der Waals surface area (Å²) in [5, 5.41) is 4.11. The first-order valence-corrected chi connectivity index (χ1v) is 10.5. The minimum Gasteiger partial charge on any atom is -0.497 e. The maximum atomic E-state index is 12.6. The van der Waals surface area contributed by atoms with E-state index in [-0.39, 0.29) is 5.91 Å². The molecule has 0 radical (unpaired) electrons. The number of hydrogen-bond acceptors (Lipinski definition) is 5. The van der Waals surface area contributed by atoms with Crippen LogP contribution in [0, 0.1) is 0 Å². The number of aromatic nitrogens is 3. The maximum Gasteiger partial charge on any atom is 0.224 e. The number of anilines is 1. The molecule has 2 N–H and O–H groups in total. The number of nitrogens with one attached hydrogen (secondary N) is 2. The first-order chi connectivity index (χ1) is 15.5. The molecule has 164 valence electrons. The van der Waals surface area contributed by atoms with Crippen molar-refractivity contribution in [1.82, 2.24) is 20.3 Å². The molecule has 0 aliphatic heterocycles. The number of carbonyl (C=O) groups is 1. The standard InChI is InChI=1S/C25H27N5O2/c1-30(2)25-27-15-17(16-28-25)14-26-23(31)13-12-21-20-6-4-5-7-22(20)29-24(21)18-8-10-19(32-3)11-9-18/h4-11,15-16,29H,12-14H2,1-3H3,(H,26,31). The van der Waals surface area contributed by atoms with Crippen molar-refractivity contribution < 1.29 is 9.53 Å². The van der Waals surface area contributed by atoms with Crippen molar-refractivity contribution in [2.45, 2.75) is 19.4 Å². The third-order valence-corrected chi connectivity index (χ3v) is 5.38. The Balaban J connectivity index is 1.46. The fourth-order valence-corrected chi connectivity index (χ4v) is 3.66. The van der Waals surface area contributed by atoms with E-state index < -0.39 is 0 Å². The van der Waals surface area contributed by atoms with E-state index in [0.29, 0.717) is 25.3 Å². The van der Waals surface area contributed by atoms with E-state index in [1.165, 1.54) is 0 Å². The molecule has 4 aromatic rings. The van der Waals surface area contributed by atoms with Crippen molar-refractivity contribution >= 4 is 22.8 Å². The van der Waals surface area contributed by atoms with Crippen LogP contribution in [-0.4, -0.2) is 42.1 Å². The highest BCUT2D eigenvalue weighted by Gasteiger charge is 2.14. The average molecular weight is 430 g/mol. The van der Waals surface area contributed by atoms with Crippen LogP contribution in [0.15, 0.2) is 60.9 Å². The normalized spacial score (nSPS) is 10.8. The fraction of sp³-hybridized carbons (Fsp3) is 0.240. The van der Waals surface area contributed by atoms with Gasteiger partial charge in [-0.25, -0.2) is 9.97 Å². The fourth-order valence-electron chi connectivity index (χ4n) is 3.66. The Hall–Kier alpha value is -3.87.